The Morgan fingerprint density at radius 3 is 3.00 bits per heavy atom. The van der Waals surface area contributed by atoms with Gasteiger partial charge < -0.3 is 19.5 Å². The number of ether oxygens (including phenoxy) is 2. The van der Waals surface area contributed by atoms with Gasteiger partial charge in [-0.05, 0) is 13.0 Å². The molecule has 2 rings (SSSR count). The van der Waals surface area contributed by atoms with Gasteiger partial charge in [-0.2, -0.15) is 0 Å². The van der Waals surface area contributed by atoms with Crippen LogP contribution < -0.4 is 4.74 Å². The molecular weight excluding hydrogens is 246 g/mol. The molecule has 1 heterocycles. The predicted octanol–water partition coefficient (Wildman–Crippen LogP) is 0.977. The van der Waals surface area contributed by atoms with Crippen LogP contribution in [0.25, 0.3) is 0 Å². The van der Waals surface area contributed by atoms with Crippen molar-refractivity contribution in [2.24, 2.45) is 0 Å². The minimum absolute atomic E-state index is 0.0841. The number of β-amino-alcohol motifs (C(OH)–C–C–N with tert-alkyl or cyclic N) is 1. The van der Waals surface area contributed by atoms with Gasteiger partial charge in [-0.15, -0.1) is 0 Å². The van der Waals surface area contributed by atoms with Crippen molar-refractivity contribution in [3.05, 3.63) is 29.8 Å². The van der Waals surface area contributed by atoms with Crippen LogP contribution in [0.4, 0.5) is 0 Å². The Bertz CT molecular complexity index is 435. The van der Waals surface area contributed by atoms with Crippen LogP contribution >= 0.6 is 0 Å². The Balaban J connectivity index is 2.06. The molecule has 0 radical (unpaired) electrons. The molecule has 1 atom stereocenters. The van der Waals surface area contributed by atoms with E-state index in [2.05, 4.69) is 0 Å². The second-order valence-electron chi connectivity index (χ2n) is 4.38. The highest BCUT2D eigenvalue weighted by atomic mass is 16.5. The molecule has 1 amide bonds. The van der Waals surface area contributed by atoms with E-state index in [1.807, 2.05) is 31.2 Å². The maximum absolute atomic E-state index is 11.6. The number of rotatable bonds is 5. The summed E-state index contributed by atoms with van der Waals surface area (Å²) in [5.41, 5.74) is 0.712. The lowest BCUT2D eigenvalue weighted by Gasteiger charge is -2.29. The number of aliphatic hydroxyl groups excluding tert-OH is 1. The fourth-order valence-corrected chi connectivity index (χ4v) is 2.09. The molecule has 0 saturated carbocycles. The van der Waals surface area contributed by atoms with Gasteiger partial charge in [-0.25, -0.2) is 0 Å². The van der Waals surface area contributed by atoms with Crippen LogP contribution in [0.15, 0.2) is 24.3 Å². The molecule has 0 aliphatic carbocycles. The van der Waals surface area contributed by atoms with Crippen LogP contribution in [0, 0.1) is 0 Å². The summed E-state index contributed by atoms with van der Waals surface area (Å²) in [7, 11) is 0. The topological polar surface area (TPSA) is 59.0 Å². The number of aliphatic hydroxyl groups is 1. The second-order valence-corrected chi connectivity index (χ2v) is 4.38. The maximum Gasteiger partial charge on any atom is 0.248 e. The SMILES string of the molecule is CCOc1ccccc1C(O)CN1CCOCC1=O. The van der Waals surface area contributed by atoms with Crippen molar-refractivity contribution in [2.45, 2.75) is 13.0 Å². The number of carbonyl (C=O) groups excluding carboxylic acids is 1. The molecule has 1 saturated heterocycles. The summed E-state index contributed by atoms with van der Waals surface area (Å²) in [4.78, 5) is 13.3. The van der Waals surface area contributed by atoms with E-state index in [1.54, 1.807) is 4.90 Å². The van der Waals surface area contributed by atoms with Gasteiger partial charge in [-0.1, -0.05) is 18.2 Å². The van der Waals surface area contributed by atoms with E-state index in [1.165, 1.54) is 0 Å². The zero-order valence-corrected chi connectivity index (χ0v) is 11.0. The first-order chi connectivity index (χ1) is 9.22. The third-order valence-corrected chi connectivity index (χ3v) is 3.05. The zero-order valence-electron chi connectivity index (χ0n) is 11.0. The number of hydrogen-bond donors (Lipinski definition) is 1. The number of hydrogen-bond acceptors (Lipinski definition) is 4. The molecule has 104 valence electrons. The summed E-state index contributed by atoms with van der Waals surface area (Å²) < 4.78 is 10.6. The number of benzene rings is 1. The van der Waals surface area contributed by atoms with E-state index in [4.69, 9.17) is 9.47 Å². The molecule has 19 heavy (non-hydrogen) atoms. The van der Waals surface area contributed by atoms with E-state index in [-0.39, 0.29) is 19.1 Å². The number of carbonyl (C=O) groups is 1. The van der Waals surface area contributed by atoms with Gasteiger partial charge in [0.25, 0.3) is 0 Å². The normalized spacial score (nSPS) is 17.4. The average molecular weight is 265 g/mol. The van der Waals surface area contributed by atoms with Gasteiger partial charge in [0.15, 0.2) is 0 Å². The minimum atomic E-state index is -0.746. The fourth-order valence-electron chi connectivity index (χ4n) is 2.09. The number of morpholine rings is 1. The maximum atomic E-state index is 11.6. The summed E-state index contributed by atoms with van der Waals surface area (Å²) in [6.45, 7) is 3.85. The molecular formula is C14H19NO4. The van der Waals surface area contributed by atoms with Crippen molar-refractivity contribution >= 4 is 5.91 Å². The van der Waals surface area contributed by atoms with Gasteiger partial charge in [0.05, 0.1) is 19.8 Å². The molecule has 1 aliphatic heterocycles. The average Bonchev–Trinajstić information content (AvgIpc) is 2.42. The Morgan fingerprint density at radius 2 is 2.26 bits per heavy atom. The zero-order chi connectivity index (χ0) is 13.7. The van der Waals surface area contributed by atoms with E-state index in [0.717, 1.165) is 0 Å². The van der Waals surface area contributed by atoms with E-state index >= 15 is 0 Å². The molecule has 1 unspecified atom stereocenters. The summed E-state index contributed by atoms with van der Waals surface area (Å²) in [6.07, 6.45) is -0.746. The quantitative estimate of drug-likeness (QED) is 0.862. The largest absolute Gasteiger partial charge is 0.493 e. The predicted molar refractivity (Wildman–Crippen MR) is 70.0 cm³/mol. The van der Waals surface area contributed by atoms with Crippen LogP contribution in [-0.4, -0.2) is 48.8 Å². The van der Waals surface area contributed by atoms with E-state index in [0.29, 0.717) is 31.1 Å². The number of para-hydroxylation sites is 1. The molecule has 0 bridgehead atoms. The standard InChI is InChI=1S/C14H19NO4/c1-2-19-13-6-4-3-5-11(13)12(16)9-15-7-8-18-10-14(15)17/h3-6,12,16H,2,7-10H2,1H3. The van der Waals surface area contributed by atoms with E-state index in [9.17, 15) is 9.90 Å². The molecule has 5 nitrogen and oxygen atoms in total. The van der Waals surface area contributed by atoms with Crippen molar-refractivity contribution < 1.29 is 19.4 Å². The first-order valence-corrected chi connectivity index (χ1v) is 6.47. The van der Waals surface area contributed by atoms with Gasteiger partial charge in [0.1, 0.15) is 18.5 Å². The van der Waals surface area contributed by atoms with Crippen molar-refractivity contribution in [3.8, 4) is 5.75 Å². The lowest BCUT2D eigenvalue weighted by Crippen LogP contribution is -2.43. The Labute approximate surface area is 112 Å². The third-order valence-electron chi connectivity index (χ3n) is 3.05. The van der Waals surface area contributed by atoms with Gasteiger partial charge in [-0.3, -0.25) is 4.79 Å². The molecule has 1 aliphatic rings. The summed E-state index contributed by atoms with van der Waals surface area (Å²) in [6, 6.07) is 7.35. The Hall–Kier alpha value is -1.59. The monoisotopic (exact) mass is 265 g/mol. The summed E-state index contributed by atoms with van der Waals surface area (Å²) in [5, 5.41) is 10.3. The molecule has 5 heteroatoms. The smallest absolute Gasteiger partial charge is 0.248 e. The highest BCUT2D eigenvalue weighted by Gasteiger charge is 2.23. The first kappa shape index (κ1) is 13.8. The summed E-state index contributed by atoms with van der Waals surface area (Å²) in [5.74, 6) is 0.581. The lowest BCUT2D eigenvalue weighted by molar-refractivity contribution is -0.144. The minimum Gasteiger partial charge on any atom is -0.493 e. The number of amides is 1. The van der Waals surface area contributed by atoms with Crippen molar-refractivity contribution in [1.82, 2.24) is 4.90 Å². The molecule has 0 spiro atoms. The van der Waals surface area contributed by atoms with E-state index < -0.39 is 6.10 Å². The highest BCUT2D eigenvalue weighted by molar-refractivity contribution is 5.78. The fraction of sp³-hybridized carbons (Fsp3) is 0.500. The first-order valence-electron chi connectivity index (χ1n) is 6.47. The van der Waals surface area contributed by atoms with Crippen molar-refractivity contribution in [1.29, 1.82) is 0 Å². The van der Waals surface area contributed by atoms with Crippen molar-refractivity contribution in [2.75, 3.05) is 32.9 Å². The summed E-state index contributed by atoms with van der Waals surface area (Å²) >= 11 is 0. The molecule has 1 fully saturated rings. The van der Waals surface area contributed by atoms with Crippen LogP contribution in [0.5, 0.6) is 5.75 Å². The molecule has 1 aromatic carbocycles. The third kappa shape index (κ3) is 3.45. The van der Waals surface area contributed by atoms with Gasteiger partial charge >= 0.3 is 0 Å². The highest BCUT2D eigenvalue weighted by Crippen LogP contribution is 2.26. The molecule has 0 aromatic heterocycles. The lowest BCUT2D eigenvalue weighted by atomic mass is 10.1. The molecule has 1 N–H and O–H groups in total. The second kappa shape index (κ2) is 6.54. The molecule has 1 aromatic rings. The Morgan fingerprint density at radius 1 is 1.47 bits per heavy atom. The van der Waals surface area contributed by atoms with Gasteiger partial charge in [0, 0.05) is 12.1 Å². The number of nitrogens with zero attached hydrogens (tertiary/aromatic N) is 1. The van der Waals surface area contributed by atoms with Crippen LogP contribution in [0.3, 0.4) is 0 Å². The van der Waals surface area contributed by atoms with Crippen LogP contribution in [0.1, 0.15) is 18.6 Å². The van der Waals surface area contributed by atoms with Crippen LogP contribution in [-0.2, 0) is 9.53 Å². The van der Waals surface area contributed by atoms with Crippen LogP contribution in [0.2, 0.25) is 0 Å². The van der Waals surface area contributed by atoms with Crippen molar-refractivity contribution in [3.63, 3.8) is 0 Å². The Kier molecular flexibility index (Phi) is 4.76. The van der Waals surface area contributed by atoms with Gasteiger partial charge in [0.2, 0.25) is 5.91 Å².